The highest BCUT2D eigenvalue weighted by Gasteiger charge is 2.02. The van der Waals surface area contributed by atoms with Crippen LogP contribution in [-0.2, 0) is 16.7 Å². The minimum absolute atomic E-state index is 0.159. The van der Waals surface area contributed by atoms with Gasteiger partial charge >= 0.3 is 10.3 Å². The zero-order chi connectivity index (χ0) is 11.3. The summed E-state index contributed by atoms with van der Waals surface area (Å²) in [5, 5.41) is 0. The molecule has 6 heteroatoms. The lowest BCUT2D eigenvalue weighted by atomic mass is 10.1. The third-order valence-electron chi connectivity index (χ3n) is 1.83. The summed E-state index contributed by atoms with van der Waals surface area (Å²) in [7, 11) is -2.53. The Morgan fingerprint density at radius 3 is 2.80 bits per heavy atom. The molecule has 0 aliphatic rings. The zero-order valence-corrected chi connectivity index (χ0v) is 9.12. The van der Waals surface area contributed by atoms with Gasteiger partial charge in [-0.2, -0.15) is 13.1 Å². The second-order valence-electron chi connectivity index (χ2n) is 2.97. The third-order valence-corrected chi connectivity index (χ3v) is 2.40. The topological polar surface area (TPSA) is 75.6 Å². The molecule has 1 aromatic carbocycles. The highest BCUT2D eigenvalue weighted by atomic mass is 32.2. The summed E-state index contributed by atoms with van der Waals surface area (Å²) in [6.45, 7) is 0.159. The van der Waals surface area contributed by atoms with E-state index in [2.05, 4.69) is 0 Å². The maximum absolute atomic E-state index is 10.4. The first-order valence-electron chi connectivity index (χ1n) is 4.36. The van der Waals surface area contributed by atoms with Crippen LogP contribution in [0.2, 0.25) is 0 Å². The Kier molecular flexibility index (Phi) is 4.07. The van der Waals surface area contributed by atoms with Crippen LogP contribution in [0.1, 0.15) is 5.56 Å². The SMILES string of the molecule is COc1cccc(CCNS(=O)(=O)O)c1. The van der Waals surface area contributed by atoms with Gasteiger partial charge in [-0.05, 0) is 24.1 Å². The zero-order valence-electron chi connectivity index (χ0n) is 8.30. The van der Waals surface area contributed by atoms with Crippen molar-refractivity contribution < 1.29 is 17.7 Å². The molecular weight excluding hydrogens is 218 g/mol. The Morgan fingerprint density at radius 2 is 2.20 bits per heavy atom. The summed E-state index contributed by atoms with van der Waals surface area (Å²) in [5.41, 5.74) is 0.936. The van der Waals surface area contributed by atoms with E-state index in [1.54, 1.807) is 13.2 Å². The van der Waals surface area contributed by atoms with Crippen LogP contribution < -0.4 is 9.46 Å². The first kappa shape index (κ1) is 12.0. The fourth-order valence-electron chi connectivity index (χ4n) is 1.15. The first-order chi connectivity index (χ1) is 7.01. The average Bonchev–Trinajstić information content (AvgIpc) is 2.16. The van der Waals surface area contributed by atoms with Crippen LogP contribution >= 0.6 is 0 Å². The van der Waals surface area contributed by atoms with Gasteiger partial charge in [0, 0.05) is 6.54 Å². The lowest BCUT2D eigenvalue weighted by Gasteiger charge is -2.04. The molecule has 2 N–H and O–H groups in total. The molecular formula is C9H13NO4S. The van der Waals surface area contributed by atoms with Crippen LogP contribution in [0.15, 0.2) is 24.3 Å². The molecule has 0 heterocycles. The summed E-state index contributed by atoms with van der Waals surface area (Å²) in [6.07, 6.45) is 0.497. The van der Waals surface area contributed by atoms with Gasteiger partial charge in [0.15, 0.2) is 0 Å². The number of rotatable bonds is 5. The van der Waals surface area contributed by atoms with Crippen LogP contribution in [0, 0.1) is 0 Å². The summed E-state index contributed by atoms with van der Waals surface area (Å²) >= 11 is 0. The Bertz CT molecular complexity index is 416. The summed E-state index contributed by atoms with van der Waals surface area (Å²) in [4.78, 5) is 0. The first-order valence-corrected chi connectivity index (χ1v) is 5.80. The van der Waals surface area contributed by atoms with Crippen molar-refractivity contribution in [1.82, 2.24) is 4.72 Å². The smallest absolute Gasteiger partial charge is 0.333 e. The van der Waals surface area contributed by atoms with Crippen LogP contribution in [-0.4, -0.2) is 26.6 Å². The molecule has 0 fully saturated rings. The molecule has 1 aromatic rings. The molecule has 0 spiro atoms. The second-order valence-corrected chi connectivity index (χ2v) is 4.21. The number of ether oxygens (including phenoxy) is 1. The fraction of sp³-hybridized carbons (Fsp3) is 0.333. The second kappa shape index (κ2) is 5.11. The average molecular weight is 231 g/mol. The van der Waals surface area contributed by atoms with Gasteiger partial charge in [-0.25, -0.2) is 0 Å². The number of benzene rings is 1. The van der Waals surface area contributed by atoms with Crippen molar-refractivity contribution in [3.63, 3.8) is 0 Å². The quantitative estimate of drug-likeness (QED) is 0.729. The van der Waals surface area contributed by atoms with E-state index in [1.807, 2.05) is 22.9 Å². The molecule has 15 heavy (non-hydrogen) atoms. The van der Waals surface area contributed by atoms with E-state index in [-0.39, 0.29) is 6.54 Å². The molecule has 0 radical (unpaired) electrons. The number of nitrogens with one attached hydrogen (secondary N) is 1. The lowest BCUT2D eigenvalue weighted by Crippen LogP contribution is -2.24. The van der Waals surface area contributed by atoms with E-state index in [9.17, 15) is 8.42 Å². The predicted molar refractivity (Wildman–Crippen MR) is 56.2 cm³/mol. The molecule has 0 aliphatic heterocycles. The van der Waals surface area contributed by atoms with Gasteiger partial charge in [-0.1, -0.05) is 12.1 Å². The van der Waals surface area contributed by atoms with Gasteiger partial charge < -0.3 is 4.74 Å². The molecule has 1 rings (SSSR count). The van der Waals surface area contributed by atoms with Crippen molar-refractivity contribution >= 4 is 10.3 Å². The Labute approximate surface area is 89.0 Å². The molecule has 84 valence electrons. The van der Waals surface area contributed by atoms with Crippen molar-refractivity contribution in [1.29, 1.82) is 0 Å². The van der Waals surface area contributed by atoms with Crippen molar-refractivity contribution in [3.05, 3.63) is 29.8 Å². The van der Waals surface area contributed by atoms with Gasteiger partial charge in [0.05, 0.1) is 7.11 Å². The Morgan fingerprint density at radius 1 is 1.47 bits per heavy atom. The van der Waals surface area contributed by atoms with Gasteiger partial charge in [0.1, 0.15) is 5.75 Å². The molecule has 0 amide bonds. The minimum atomic E-state index is -4.09. The summed E-state index contributed by atoms with van der Waals surface area (Å²) in [6, 6.07) is 7.29. The van der Waals surface area contributed by atoms with E-state index in [0.717, 1.165) is 11.3 Å². The van der Waals surface area contributed by atoms with Gasteiger partial charge in [0.2, 0.25) is 0 Å². The van der Waals surface area contributed by atoms with Crippen molar-refractivity contribution in [2.24, 2.45) is 0 Å². The van der Waals surface area contributed by atoms with Crippen LogP contribution in [0.25, 0.3) is 0 Å². The molecule has 0 aromatic heterocycles. The number of methoxy groups -OCH3 is 1. The monoisotopic (exact) mass is 231 g/mol. The highest BCUT2D eigenvalue weighted by molar-refractivity contribution is 7.83. The molecule has 0 bridgehead atoms. The van der Waals surface area contributed by atoms with E-state index < -0.39 is 10.3 Å². The van der Waals surface area contributed by atoms with E-state index >= 15 is 0 Å². The standard InChI is InChI=1S/C9H13NO4S/c1-14-9-4-2-3-8(7-9)5-6-10-15(11,12)13/h2-4,7,10H,5-6H2,1H3,(H,11,12,13). The van der Waals surface area contributed by atoms with Crippen molar-refractivity contribution in [3.8, 4) is 5.75 Å². The highest BCUT2D eigenvalue weighted by Crippen LogP contribution is 2.12. The predicted octanol–water partition coefficient (Wildman–Crippen LogP) is 0.630. The summed E-state index contributed by atoms with van der Waals surface area (Å²) in [5.74, 6) is 0.722. The fourth-order valence-corrected chi connectivity index (χ4v) is 1.51. The lowest BCUT2D eigenvalue weighted by molar-refractivity contribution is 0.414. The number of hydrogen-bond acceptors (Lipinski definition) is 3. The van der Waals surface area contributed by atoms with Crippen LogP contribution in [0.3, 0.4) is 0 Å². The number of hydrogen-bond donors (Lipinski definition) is 2. The largest absolute Gasteiger partial charge is 0.497 e. The molecule has 5 nitrogen and oxygen atoms in total. The van der Waals surface area contributed by atoms with Crippen LogP contribution in [0.4, 0.5) is 0 Å². The van der Waals surface area contributed by atoms with Crippen molar-refractivity contribution in [2.45, 2.75) is 6.42 Å². The minimum Gasteiger partial charge on any atom is -0.497 e. The maximum atomic E-state index is 10.4. The summed E-state index contributed by atoms with van der Waals surface area (Å²) < 4.78 is 36.2. The molecule has 0 aliphatic carbocycles. The molecule has 0 saturated carbocycles. The maximum Gasteiger partial charge on any atom is 0.333 e. The van der Waals surface area contributed by atoms with Gasteiger partial charge in [-0.15, -0.1) is 0 Å². The van der Waals surface area contributed by atoms with E-state index in [4.69, 9.17) is 9.29 Å². The van der Waals surface area contributed by atoms with Crippen molar-refractivity contribution in [2.75, 3.05) is 13.7 Å². The van der Waals surface area contributed by atoms with Crippen LogP contribution in [0.5, 0.6) is 5.75 Å². The third kappa shape index (κ3) is 4.78. The Hall–Kier alpha value is -1.11. The molecule has 0 saturated heterocycles. The Balaban J connectivity index is 2.51. The normalized spacial score (nSPS) is 11.3. The van der Waals surface area contributed by atoms with Gasteiger partial charge in [0.25, 0.3) is 0 Å². The molecule has 0 unspecified atom stereocenters. The van der Waals surface area contributed by atoms with E-state index in [1.165, 1.54) is 0 Å². The van der Waals surface area contributed by atoms with E-state index in [0.29, 0.717) is 6.42 Å². The molecule has 0 atom stereocenters. The van der Waals surface area contributed by atoms with Gasteiger partial charge in [-0.3, -0.25) is 4.55 Å².